The van der Waals surface area contributed by atoms with E-state index in [0.717, 1.165) is 5.92 Å². The second-order valence-corrected chi connectivity index (χ2v) is 5.33. The molecule has 0 amide bonds. The molecule has 0 heterocycles. The molecule has 0 atom stereocenters. The van der Waals surface area contributed by atoms with Gasteiger partial charge < -0.3 is 4.90 Å². The van der Waals surface area contributed by atoms with Gasteiger partial charge in [0, 0.05) is 0 Å². The van der Waals surface area contributed by atoms with E-state index in [1.54, 1.807) is 0 Å². The van der Waals surface area contributed by atoms with Gasteiger partial charge in [0.25, 0.3) is 0 Å². The van der Waals surface area contributed by atoms with Crippen LogP contribution in [0.5, 0.6) is 0 Å². The van der Waals surface area contributed by atoms with Crippen molar-refractivity contribution in [3.63, 3.8) is 0 Å². The summed E-state index contributed by atoms with van der Waals surface area (Å²) >= 11 is 0. The molecule has 0 N–H and O–H groups in total. The molecular formula is C15H33N. The number of hydrogen-bond donors (Lipinski definition) is 0. The number of rotatable bonds is 11. The van der Waals surface area contributed by atoms with Crippen LogP contribution < -0.4 is 0 Å². The summed E-state index contributed by atoms with van der Waals surface area (Å²) in [5, 5.41) is 0. The fraction of sp³-hybridized carbons (Fsp3) is 1.00. The first-order valence-electron chi connectivity index (χ1n) is 7.43. The van der Waals surface area contributed by atoms with Gasteiger partial charge in [-0.2, -0.15) is 0 Å². The Bertz CT molecular complexity index is 127. The summed E-state index contributed by atoms with van der Waals surface area (Å²) < 4.78 is 0. The molecule has 0 bridgehead atoms. The summed E-state index contributed by atoms with van der Waals surface area (Å²) in [6.07, 6.45) is 10.0. The molecule has 0 saturated heterocycles. The van der Waals surface area contributed by atoms with Gasteiger partial charge in [0.1, 0.15) is 0 Å². The topological polar surface area (TPSA) is 3.24 Å². The van der Waals surface area contributed by atoms with E-state index < -0.39 is 0 Å². The lowest BCUT2D eigenvalue weighted by atomic mass is 10.0. The van der Waals surface area contributed by atoms with Crippen LogP contribution in [0.2, 0.25) is 0 Å². The highest BCUT2D eigenvalue weighted by Crippen LogP contribution is 2.11. The molecule has 0 saturated carbocycles. The quantitative estimate of drug-likeness (QED) is 0.462. The van der Waals surface area contributed by atoms with Crippen LogP contribution >= 0.6 is 0 Å². The summed E-state index contributed by atoms with van der Waals surface area (Å²) in [6, 6.07) is 0. The zero-order valence-corrected chi connectivity index (χ0v) is 12.1. The largest absolute Gasteiger partial charge is 0.304 e. The van der Waals surface area contributed by atoms with Gasteiger partial charge in [0.05, 0.1) is 0 Å². The van der Waals surface area contributed by atoms with E-state index in [2.05, 4.69) is 32.6 Å². The second-order valence-electron chi connectivity index (χ2n) is 5.33. The van der Waals surface area contributed by atoms with Gasteiger partial charge in [-0.3, -0.25) is 0 Å². The van der Waals surface area contributed by atoms with E-state index in [4.69, 9.17) is 0 Å². The van der Waals surface area contributed by atoms with E-state index in [1.807, 2.05) is 0 Å². The molecule has 0 aromatic carbocycles. The Balaban J connectivity index is 3.09. The SMILES string of the molecule is CCN(CC)CCCCCCCCC(C)C. The maximum Gasteiger partial charge on any atom is -0.00190 e. The summed E-state index contributed by atoms with van der Waals surface area (Å²) in [6.45, 7) is 12.9. The van der Waals surface area contributed by atoms with E-state index in [9.17, 15) is 0 Å². The second kappa shape index (κ2) is 11.4. The molecule has 0 aliphatic heterocycles. The molecule has 0 aromatic rings. The van der Waals surface area contributed by atoms with Crippen LogP contribution in [0, 0.1) is 5.92 Å². The van der Waals surface area contributed by atoms with E-state index >= 15 is 0 Å². The molecule has 0 radical (unpaired) electrons. The summed E-state index contributed by atoms with van der Waals surface area (Å²) in [5.74, 6) is 0.891. The average Bonchev–Trinajstić information content (AvgIpc) is 2.27. The highest BCUT2D eigenvalue weighted by Gasteiger charge is 1.98. The Morgan fingerprint density at radius 2 is 1.25 bits per heavy atom. The third kappa shape index (κ3) is 10.5. The first kappa shape index (κ1) is 16.0. The van der Waals surface area contributed by atoms with Crippen molar-refractivity contribution in [2.24, 2.45) is 5.92 Å². The Kier molecular flexibility index (Phi) is 11.4. The van der Waals surface area contributed by atoms with Crippen LogP contribution in [0.25, 0.3) is 0 Å². The van der Waals surface area contributed by atoms with Crippen LogP contribution in [0.1, 0.15) is 72.6 Å². The van der Waals surface area contributed by atoms with Gasteiger partial charge in [-0.1, -0.05) is 66.2 Å². The summed E-state index contributed by atoms with van der Waals surface area (Å²) in [5.41, 5.74) is 0. The van der Waals surface area contributed by atoms with Crippen LogP contribution in [-0.2, 0) is 0 Å². The van der Waals surface area contributed by atoms with Crippen LogP contribution in [-0.4, -0.2) is 24.5 Å². The normalized spacial score (nSPS) is 11.6. The molecule has 0 fully saturated rings. The summed E-state index contributed by atoms with van der Waals surface area (Å²) in [4.78, 5) is 2.53. The average molecular weight is 227 g/mol. The number of hydrogen-bond acceptors (Lipinski definition) is 1. The highest BCUT2D eigenvalue weighted by atomic mass is 15.1. The molecular weight excluding hydrogens is 194 g/mol. The molecule has 0 unspecified atom stereocenters. The monoisotopic (exact) mass is 227 g/mol. The third-order valence-corrected chi connectivity index (χ3v) is 3.40. The smallest absolute Gasteiger partial charge is 0.00190 e. The number of nitrogens with zero attached hydrogens (tertiary/aromatic N) is 1. The first-order chi connectivity index (χ1) is 7.70. The minimum absolute atomic E-state index is 0.891. The molecule has 1 nitrogen and oxygen atoms in total. The molecule has 0 aliphatic rings. The lowest BCUT2D eigenvalue weighted by Crippen LogP contribution is -2.23. The van der Waals surface area contributed by atoms with Crippen molar-refractivity contribution in [1.82, 2.24) is 4.90 Å². The van der Waals surface area contributed by atoms with Crippen molar-refractivity contribution in [3.05, 3.63) is 0 Å². The Morgan fingerprint density at radius 3 is 1.75 bits per heavy atom. The van der Waals surface area contributed by atoms with Gasteiger partial charge in [0.15, 0.2) is 0 Å². The van der Waals surface area contributed by atoms with Crippen LogP contribution in [0.15, 0.2) is 0 Å². The Labute approximate surface area is 104 Å². The zero-order valence-electron chi connectivity index (χ0n) is 12.1. The van der Waals surface area contributed by atoms with Crippen molar-refractivity contribution in [2.75, 3.05) is 19.6 Å². The third-order valence-electron chi connectivity index (χ3n) is 3.40. The van der Waals surface area contributed by atoms with Crippen molar-refractivity contribution in [1.29, 1.82) is 0 Å². The first-order valence-corrected chi connectivity index (χ1v) is 7.43. The molecule has 0 rings (SSSR count). The van der Waals surface area contributed by atoms with Gasteiger partial charge in [-0.25, -0.2) is 0 Å². The minimum atomic E-state index is 0.891. The van der Waals surface area contributed by atoms with Gasteiger partial charge >= 0.3 is 0 Å². The summed E-state index contributed by atoms with van der Waals surface area (Å²) in [7, 11) is 0. The fourth-order valence-electron chi connectivity index (χ4n) is 2.13. The predicted octanol–water partition coefficient (Wildman–Crippen LogP) is 4.71. The van der Waals surface area contributed by atoms with Gasteiger partial charge in [0.2, 0.25) is 0 Å². The standard InChI is InChI=1S/C15H33N/c1-5-16(6-2)14-12-10-8-7-9-11-13-15(3)4/h15H,5-14H2,1-4H3. The molecule has 98 valence electrons. The molecule has 0 aromatic heterocycles. The van der Waals surface area contributed by atoms with Gasteiger partial charge in [-0.15, -0.1) is 0 Å². The van der Waals surface area contributed by atoms with Crippen molar-refractivity contribution in [2.45, 2.75) is 72.6 Å². The molecule has 1 heteroatoms. The minimum Gasteiger partial charge on any atom is -0.304 e. The van der Waals surface area contributed by atoms with Crippen molar-refractivity contribution >= 4 is 0 Å². The Hall–Kier alpha value is -0.0400. The van der Waals surface area contributed by atoms with E-state index in [-0.39, 0.29) is 0 Å². The predicted molar refractivity (Wildman–Crippen MR) is 74.9 cm³/mol. The Morgan fingerprint density at radius 1 is 0.750 bits per heavy atom. The lowest BCUT2D eigenvalue weighted by molar-refractivity contribution is 0.295. The van der Waals surface area contributed by atoms with Crippen LogP contribution in [0.3, 0.4) is 0 Å². The van der Waals surface area contributed by atoms with Crippen molar-refractivity contribution < 1.29 is 0 Å². The molecule has 0 spiro atoms. The lowest BCUT2D eigenvalue weighted by Gasteiger charge is -2.17. The van der Waals surface area contributed by atoms with Crippen molar-refractivity contribution in [3.8, 4) is 0 Å². The molecule has 16 heavy (non-hydrogen) atoms. The molecule has 0 aliphatic carbocycles. The maximum absolute atomic E-state index is 2.53. The maximum atomic E-state index is 2.53. The van der Waals surface area contributed by atoms with Crippen LogP contribution in [0.4, 0.5) is 0 Å². The fourth-order valence-corrected chi connectivity index (χ4v) is 2.13. The number of unbranched alkanes of at least 4 members (excludes halogenated alkanes) is 5. The van der Waals surface area contributed by atoms with E-state index in [1.165, 1.54) is 64.6 Å². The zero-order chi connectivity index (χ0) is 12.2. The van der Waals surface area contributed by atoms with Gasteiger partial charge in [-0.05, 0) is 32.0 Å². The highest BCUT2D eigenvalue weighted by molar-refractivity contribution is 4.53. The van der Waals surface area contributed by atoms with E-state index in [0.29, 0.717) is 0 Å².